The fraction of sp³-hybridized carbons (Fsp3) is 0.731. The van der Waals surface area contributed by atoms with Crippen LogP contribution in [0, 0.1) is 28.1 Å². The highest BCUT2D eigenvalue weighted by Gasteiger charge is 2.90. The van der Waals surface area contributed by atoms with Gasteiger partial charge in [-0.3, -0.25) is 9.59 Å². The van der Waals surface area contributed by atoms with Crippen molar-refractivity contribution in [3.05, 3.63) is 24.2 Å². The number of ketones is 1. The largest absolute Gasteiger partial charge is 0.472 e. The van der Waals surface area contributed by atoms with Gasteiger partial charge in [0.1, 0.15) is 24.4 Å². The van der Waals surface area contributed by atoms with Crippen LogP contribution in [0.3, 0.4) is 0 Å². The third-order valence-electron chi connectivity index (χ3n) is 10.7. The molecule has 10 atom stereocenters. The first-order chi connectivity index (χ1) is 16.4. The van der Waals surface area contributed by atoms with Gasteiger partial charge in [-0.25, -0.2) is 4.79 Å². The predicted octanol–water partition coefficient (Wildman–Crippen LogP) is 2.11. The third kappa shape index (κ3) is 2.14. The maximum atomic E-state index is 14.1. The average molecular weight is 487 g/mol. The highest BCUT2D eigenvalue weighted by Crippen LogP contribution is 2.80. The Morgan fingerprint density at radius 3 is 2.54 bits per heavy atom. The van der Waals surface area contributed by atoms with E-state index < -0.39 is 63.8 Å². The van der Waals surface area contributed by atoms with Gasteiger partial charge in [-0.1, -0.05) is 13.8 Å². The van der Waals surface area contributed by atoms with Gasteiger partial charge in [0.05, 0.1) is 36.6 Å². The van der Waals surface area contributed by atoms with Crippen molar-refractivity contribution in [3.63, 3.8) is 0 Å². The first-order valence-electron chi connectivity index (χ1n) is 12.4. The molecule has 6 aliphatic rings. The molecule has 7 rings (SSSR count). The molecule has 0 amide bonds. The molecule has 1 aromatic heterocycles. The number of epoxide rings is 1. The van der Waals surface area contributed by atoms with E-state index in [1.54, 1.807) is 12.3 Å². The average Bonchev–Trinajstić information content (AvgIpc) is 3.26. The summed E-state index contributed by atoms with van der Waals surface area (Å²) in [5, 5.41) is 11.8. The zero-order valence-corrected chi connectivity index (χ0v) is 20.2. The molecule has 9 nitrogen and oxygen atoms in total. The maximum Gasteiger partial charge on any atom is 0.339 e. The van der Waals surface area contributed by atoms with E-state index in [1.165, 1.54) is 6.26 Å². The second-order valence-corrected chi connectivity index (χ2v) is 12.3. The number of ether oxygens (including phenoxy) is 4. The summed E-state index contributed by atoms with van der Waals surface area (Å²) in [6, 6.07) is 1.77. The quantitative estimate of drug-likeness (QED) is 0.469. The Labute approximate surface area is 202 Å². The second-order valence-electron chi connectivity index (χ2n) is 12.3. The van der Waals surface area contributed by atoms with Gasteiger partial charge in [0, 0.05) is 21.8 Å². The van der Waals surface area contributed by atoms with Crippen LogP contribution >= 0.6 is 0 Å². The lowest BCUT2D eigenvalue weighted by Gasteiger charge is -2.66. The summed E-state index contributed by atoms with van der Waals surface area (Å²) in [7, 11) is 0. The topological polar surface area (TPSA) is 125 Å². The number of carbonyl (C=O) groups excluding carboxylic acids is 3. The number of rotatable bonds is 1. The van der Waals surface area contributed by atoms with Gasteiger partial charge >= 0.3 is 11.9 Å². The molecule has 0 unspecified atom stereocenters. The van der Waals surface area contributed by atoms with Crippen LogP contribution in [0.5, 0.6) is 0 Å². The maximum absolute atomic E-state index is 14.1. The molecule has 1 aromatic rings. The fourth-order valence-corrected chi connectivity index (χ4v) is 9.52. The minimum atomic E-state index is -1.37. The molecule has 2 saturated carbocycles. The Bertz CT molecular complexity index is 1160. The minimum absolute atomic E-state index is 0.0520. The van der Waals surface area contributed by atoms with Gasteiger partial charge in [0.15, 0.2) is 11.9 Å². The summed E-state index contributed by atoms with van der Waals surface area (Å²) in [5.74, 6) is -2.09. The number of hydrogen-bond acceptors (Lipinski definition) is 9. The van der Waals surface area contributed by atoms with Crippen LogP contribution in [0.25, 0.3) is 0 Å². The number of cyclic esters (lactones) is 2. The van der Waals surface area contributed by atoms with Crippen LogP contribution < -0.4 is 0 Å². The summed E-state index contributed by atoms with van der Waals surface area (Å²) in [4.78, 5) is 39.6. The van der Waals surface area contributed by atoms with Crippen molar-refractivity contribution in [2.24, 2.45) is 28.1 Å². The highest BCUT2D eigenvalue weighted by atomic mass is 16.7. The van der Waals surface area contributed by atoms with Gasteiger partial charge in [0.2, 0.25) is 0 Å². The molecule has 0 radical (unpaired) electrons. The van der Waals surface area contributed by atoms with Crippen LogP contribution in [0.2, 0.25) is 0 Å². The van der Waals surface area contributed by atoms with Gasteiger partial charge in [-0.05, 0) is 38.7 Å². The van der Waals surface area contributed by atoms with Crippen molar-refractivity contribution in [1.29, 1.82) is 0 Å². The van der Waals surface area contributed by atoms with Crippen LogP contribution in [-0.4, -0.2) is 58.9 Å². The van der Waals surface area contributed by atoms with E-state index in [1.807, 2.05) is 27.7 Å². The van der Waals surface area contributed by atoms with Crippen molar-refractivity contribution < 1.29 is 42.9 Å². The number of furan rings is 1. The second kappa shape index (κ2) is 6.18. The predicted molar refractivity (Wildman–Crippen MR) is 116 cm³/mol. The molecule has 4 aliphatic heterocycles. The molecule has 2 aliphatic carbocycles. The van der Waals surface area contributed by atoms with Crippen molar-refractivity contribution in [3.8, 4) is 0 Å². The van der Waals surface area contributed by atoms with Crippen LogP contribution in [0.1, 0.15) is 58.6 Å². The fourth-order valence-electron chi connectivity index (χ4n) is 9.52. The molecule has 188 valence electrons. The number of carbonyl (C=O) groups is 3. The summed E-state index contributed by atoms with van der Waals surface area (Å²) >= 11 is 0. The van der Waals surface area contributed by atoms with Crippen molar-refractivity contribution in [2.45, 2.75) is 82.6 Å². The first-order valence-corrected chi connectivity index (χ1v) is 12.4. The van der Waals surface area contributed by atoms with Crippen molar-refractivity contribution in [1.82, 2.24) is 0 Å². The Balaban J connectivity index is 1.43. The molecular weight excluding hydrogens is 456 g/mol. The van der Waals surface area contributed by atoms with Crippen LogP contribution in [0.4, 0.5) is 0 Å². The van der Waals surface area contributed by atoms with Crippen LogP contribution in [-0.2, 0) is 33.3 Å². The number of fused-ring (bicyclic) bond motifs is 1. The van der Waals surface area contributed by atoms with Crippen molar-refractivity contribution >= 4 is 17.7 Å². The van der Waals surface area contributed by atoms with E-state index >= 15 is 0 Å². The van der Waals surface area contributed by atoms with E-state index in [0.29, 0.717) is 12.8 Å². The van der Waals surface area contributed by atoms with E-state index in [9.17, 15) is 19.5 Å². The van der Waals surface area contributed by atoms with Crippen molar-refractivity contribution in [2.75, 3.05) is 6.61 Å². The number of esters is 2. The molecule has 4 saturated heterocycles. The lowest BCUT2D eigenvalue weighted by atomic mass is 9.36. The zero-order valence-electron chi connectivity index (χ0n) is 20.2. The Morgan fingerprint density at radius 2 is 1.83 bits per heavy atom. The Hall–Kier alpha value is -2.23. The van der Waals surface area contributed by atoms with Gasteiger partial charge in [0.25, 0.3) is 0 Å². The molecule has 2 spiro atoms. The van der Waals surface area contributed by atoms with Gasteiger partial charge in [-0.2, -0.15) is 0 Å². The Morgan fingerprint density at radius 1 is 1.06 bits per heavy atom. The molecule has 1 N–H and O–H groups in total. The third-order valence-corrected chi connectivity index (χ3v) is 10.7. The summed E-state index contributed by atoms with van der Waals surface area (Å²) in [6.45, 7) is 7.66. The molecule has 0 aromatic carbocycles. The first kappa shape index (κ1) is 22.0. The van der Waals surface area contributed by atoms with Crippen LogP contribution in [0.15, 0.2) is 23.0 Å². The lowest BCUT2D eigenvalue weighted by Crippen LogP contribution is -2.76. The molecule has 35 heavy (non-hydrogen) atoms. The molecule has 5 heterocycles. The summed E-state index contributed by atoms with van der Waals surface area (Å²) in [5.41, 5.74) is -3.90. The zero-order chi connectivity index (χ0) is 24.8. The van der Waals surface area contributed by atoms with E-state index in [4.69, 9.17) is 23.4 Å². The van der Waals surface area contributed by atoms with E-state index in [-0.39, 0.29) is 30.7 Å². The Kier molecular flexibility index (Phi) is 3.88. The monoisotopic (exact) mass is 486 g/mol. The highest BCUT2D eigenvalue weighted by molar-refractivity contribution is 5.92. The minimum Gasteiger partial charge on any atom is -0.472 e. The summed E-state index contributed by atoms with van der Waals surface area (Å²) in [6.07, 6.45) is 1.02. The number of aliphatic hydroxyl groups excluding tert-OH is 1. The normalized spacial score (nSPS) is 53.3. The SMILES string of the molecule is CC1(C)O[C@@H]2CC(=O)OC[C@]23[C@@H]1C(=O)[C@H](O)[C@]1(C)[C@@H]3CC[C@]2(C)[C@H](c3ccoc3)OC(=O)[C@H]3O[C@@]312. The number of hydrogen-bond donors (Lipinski definition) is 1. The molecule has 9 heteroatoms. The summed E-state index contributed by atoms with van der Waals surface area (Å²) < 4.78 is 29.6. The van der Waals surface area contributed by atoms with E-state index in [0.717, 1.165) is 5.56 Å². The standard InChI is InChI=1S/C26H30O9/c1-22(2)17-16(28)18(29)24(4)13(25(17)11-32-15(27)9-14(25)34-22)5-7-23(3)19(12-6-8-31-10-12)33-21(30)20-26(23,24)35-20/h6,8,10,13-14,17-20,29H,5,7,9,11H2,1-4H3/t13-,14+,17+,18-,19-,20+,23+,24-,25+,26+/m0/s1. The van der Waals surface area contributed by atoms with Gasteiger partial charge in [-0.15, -0.1) is 0 Å². The van der Waals surface area contributed by atoms with E-state index in [2.05, 4.69) is 0 Å². The smallest absolute Gasteiger partial charge is 0.339 e. The van der Waals surface area contributed by atoms with Gasteiger partial charge < -0.3 is 28.5 Å². The molecule has 6 fully saturated rings. The number of Topliss-reactive ketones (excluding diaryl/α,β-unsaturated/α-hetero) is 1. The molecular formula is C26H30O9. The number of aliphatic hydroxyl groups is 1. The molecule has 0 bridgehead atoms. The lowest BCUT2D eigenvalue weighted by molar-refractivity contribution is -0.252.